The second-order valence-electron chi connectivity index (χ2n) is 4.90. The maximum atomic E-state index is 11.9. The smallest absolute Gasteiger partial charge is 0.141 e. The van der Waals surface area contributed by atoms with Crippen LogP contribution < -0.4 is 0 Å². The van der Waals surface area contributed by atoms with Crippen LogP contribution in [0.15, 0.2) is 0 Å². The monoisotopic (exact) mass is 198 g/mol. The lowest BCUT2D eigenvalue weighted by Crippen LogP contribution is -2.30. The third-order valence-electron chi connectivity index (χ3n) is 2.84. The Balaban J connectivity index is 2.43. The molecule has 1 rings (SSSR count). The number of carbonyl (C=O) groups is 1. The molecule has 1 saturated carbocycles. The van der Waals surface area contributed by atoms with Crippen molar-refractivity contribution in [2.45, 2.75) is 12.8 Å². The summed E-state index contributed by atoms with van der Waals surface area (Å²) in [6.07, 6.45) is 2.16. The zero-order chi connectivity index (χ0) is 10.7. The predicted octanol–water partition coefficient (Wildman–Crippen LogP) is 0.705. The number of hydrogen-bond donors (Lipinski definition) is 0. The summed E-state index contributed by atoms with van der Waals surface area (Å²) in [6, 6.07) is 0. The van der Waals surface area contributed by atoms with E-state index in [1.165, 1.54) is 0 Å². The van der Waals surface area contributed by atoms with Crippen LogP contribution in [0.5, 0.6) is 0 Å². The van der Waals surface area contributed by atoms with Crippen molar-refractivity contribution in [1.29, 1.82) is 0 Å². The van der Waals surface area contributed by atoms with E-state index in [0.717, 1.165) is 25.9 Å². The molecular weight excluding hydrogens is 176 g/mol. The van der Waals surface area contributed by atoms with Gasteiger partial charge in [-0.1, -0.05) is 0 Å². The van der Waals surface area contributed by atoms with E-state index < -0.39 is 0 Å². The minimum absolute atomic E-state index is 0.287. The van der Waals surface area contributed by atoms with Crippen LogP contribution in [0.4, 0.5) is 0 Å². The number of ketones is 1. The molecule has 0 amide bonds. The molecule has 0 radical (unpaired) electrons. The van der Waals surface area contributed by atoms with E-state index in [9.17, 15) is 4.79 Å². The Kier molecular flexibility index (Phi) is 4.08. The first-order valence-electron chi connectivity index (χ1n) is 5.34. The Hall–Kier alpha value is -0.410. The van der Waals surface area contributed by atoms with Gasteiger partial charge < -0.3 is 9.80 Å². The number of nitrogens with zero attached hydrogens (tertiary/aromatic N) is 2. The van der Waals surface area contributed by atoms with Crippen molar-refractivity contribution in [3.05, 3.63) is 0 Å². The van der Waals surface area contributed by atoms with Gasteiger partial charge in [-0.15, -0.1) is 0 Å². The number of Topliss-reactive ketones (excluding diaryl/α,β-unsaturated/α-hetero) is 1. The van der Waals surface area contributed by atoms with E-state index in [1.54, 1.807) is 0 Å². The summed E-state index contributed by atoms with van der Waals surface area (Å²) in [5.41, 5.74) is 0. The number of hydrogen-bond acceptors (Lipinski definition) is 3. The molecule has 0 N–H and O–H groups in total. The Morgan fingerprint density at radius 1 is 1.00 bits per heavy atom. The van der Waals surface area contributed by atoms with Gasteiger partial charge in [-0.05, 0) is 41.0 Å². The molecule has 1 aliphatic rings. The highest BCUT2D eigenvalue weighted by atomic mass is 16.1. The van der Waals surface area contributed by atoms with E-state index >= 15 is 0 Å². The summed E-state index contributed by atoms with van der Waals surface area (Å²) < 4.78 is 0. The van der Waals surface area contributed by atoms with Crippen LogP contribution in [0.3, 0.4) is 0 Å². The fraction of sp³-hybridized carbons (Fsp3) is 0.909. The Labute approximate surface area is 87.1 Å². The van der Waals surface area contributed by atoms with Gasteiger partial charge >= 0.3 is 0 Å². The maximum Gasteiger partial charge on any atom is 0.141 e. The van der Waals surface area contributed by atoms with Gasteiger partial charge in [-0.25, -0.2) is 0 Å². The van der Waals surface area contributed by atoms with Gasteiger partial charge in [0, 0.05) is 24.9 Å². The third-order valence-corrected chi connectivity index (χ3v) is 2.84. The molecule has 1 aliphatic carbocycles. The largest absolute Gasteiger partial charge is 0.309 e. The zero-order valence-corrected chi connectivity index (χ0v) is 9.79. The van der Waals surface area contributed by atoms with Crippen molar-refractivity contribution in [1.82, 2.24) is 9.80 Å². The van der Waals surface area contributed by atoms with Crippen LogP contribution in [0, 0.1) is 11.8 Å². The lowest BCUT2D eigenvalue weighted by molar-refractivity contribution is -0.124. The molecule has 0 saturated heterocycles. The quantitative estimate of drug-likeness (QED) is 0.664. The second-order valence-corrected chi connectivity index (χ2v) is 4.90. The lowest BCUT2D eigenvalue weighted by Gasteiger charge is -2.17. The molecule has 3 heteroatoms. The van der Waals surface area contributed by atoms with Crippen LogP contribution in [0.1, 0.15) is 12.8 Å². The van der Waals surface area contributed by atoms with Gasteiger partial charge in [0.05, 0.1) is 0 Å². The van der Waals surface area contributed by atoms with Crippen molar-refractivity contribution in [3.8, 4) is 0 Å². The highest BCUT2D eigenvalue weighted by molar-refractivity contribution is 5.85. The highest BCUT2D eigenvalue weighted by Gasteiger charge is 2.34. The van der Waals surface area contributed by atoms with Crippen molar-refractivity contribution < 1.29 is 4.79 Å². The zero-order valence-electron chi connectivity index (χ0n) is 9.79. The predicted molar refractivity (Wildman–Crippen MR) is 58.3 cm³/mol. The third kappa shape index (κ3) is 3.07. The Morgan fingerprint density at radius 2 is 1.36 bits per heavy atom. The van der Waals surface area contributed by atoms with Crippen molar-refractivity contribution in [2.75, 3.05) is 41.3 Å². The molecule has 0 unspecified atom stereocenters. The SMILES string of the molecule is CN(C)C[C@H]1CC[C@@H](CN(C)C)C1=O. The summed E-state index contributed by atoms with van der Waals surface area (Å²) in [4.78, 5) is 16.1. The summed E-state index contributed by atoms with van der Waals surface area (Å²) in [6.45, 7) is 1.84. The van der Waals surface area contributed by atoms with Crippen molar-refractivity contribution >= 4 is 5.78 Å². The summed E-state index contributed by atoms with van der Waals surface area (Å²) in [7, 11) is 8.14. The molecule has 0 heterocycles. The first-order valence-corrected chi connectivity index (χ1v) is 5.34. The maximum absolute atomic E-state index is 11.9. The van der Waals surface area contributed by atoms with Gasteiger partial charge in [0.15, 0.2) is 0 Å². The van der Waals surface area contributed by atoms with E-state index in [1.807, 2.05) is 28.2 Å². The minimum Gasteiger partial charge on any atom is -0.309 e. The van der Waals surface area contributed by atoms with Crippen molar-refractivity contribution in [2.24, 2.45) is 11.8 Å². The van der Waals surface area contributed by atoms with Crippen LogP contribution in [0.2, 0.25) is 0 Å². The minimum atomic E-state index is 0.287. The second kappa shape index (κ2) is 4.89. The molecular formula is C11H22N2O. The fourth-order valence-electron chi connectivity index (χ4n) is 2.26. The van der Waals surface area contributed by atoms with Gasteiger partial charge in [0.25, 0.3) is 0 Å². The van der Waals surface area contributed by atoms with Gasteiger partial charge in [-0.3, -0.25) is 4.79 Å². The summed E-state index contributed by atoms with van der Waals surface area (Å²) in [5, 5.41) is 0. The molecule has 0 aromatic carbocycles. The molecule has 0 bridgehead atoms. The van der Waals surface area contributed by atoms with Gasteiger partial charge in [0.2, 0.25) is 0 Å². The van der Waals surface area contributed by atoms with E-state index in [0.29, 0.717) is 5.78 Å². The van der Waals surface area contributed by atoms with Crippen molar-refractivity contribution in [3.63, 3.8) is 0 Å². The molecule has 0 aromatic rings. The van der Waals surface area contributed by atoms with Gasteiger partial charge in [-0.2, -0.15) is 0 Å². The van der Waals surface area contributed by atoms with Crippen LogP contribution in [-0.4, -0.2) is 56.9 Å². The normalized spacial score (nSPS) is 28.0. The Bertz CT molecular complexity index is 181. The molecule has 3 nitrogen and oxygen atoms in total. The molecule has 2 atom stereocenters. The first-order chi connectivity index (χ1) is 6.50. The first kappa shape index (κ1) is 11.7. The average molecular weight is 198 g/mol. The summed E-state index contributed by atoms with van der Waals surface area (Å²) >= 11 is 0. The van der Waals surface area contributed by atoms with E-state index in [2.05, 4.69) is 9.80 Å². The standard InChI is InChI=1S/C11H22N2O/c1-12(2)7-9-5-6-10(11(9)14)8-13(3)4/h9-10H,5-8H2,1-4H3/t9-,10+. The average Bonchev–Trinajstić information content (AvgIpc) is 2.34. The van der Waals surface area contributed by atoms with Crippen LogP contribution >= 0.6 is 0 Å². The Morgan fingerprint density at radius 3 is 1.64 bits per heavy atom. The number of rotatable bonds is 4. The van der Waals surface area contributed by atoms with Gasteiger partial charge in [0.1, 0.15) is 5.78 Å². The molecule has 1 fully saturated rings. The summed E-state index contributed by atoms with van der Waals surface area (Å²) in [5.74, 6) is 1.05. The fourth-order valence-corrected chi connectivity index (χ4v) is 2.26. The topological polar surface area (TPSA) is 23.6 Å². The highest BCUT2D eigenvalue weighted by Crippen LogP contribution is 2.27. The molecule has 0 aliphatic heterocycles. The molecule has 14 heavy (non-hydrogen) atoms. The van der Waals surface area contributed by atoms with E-state index in [-0.39, 0.29) is 11.8 Å². The van der Waals surface area contributed by atoms with Crippen LogP contribution in [0.25, 0.3) is 0 Å². The van der Waals surface area contributed by atoms with E-state index in [4.69, 9.17) is 0 Å². The van der Waals surface area contributed by atoms with Crippen LogP contribution in [-0.2, 0) is 4.79 Å². The number of carbonyl (C=O) groups excluding carboxylic acids is 1. The lowest BCUT2D eigenvalue weighted by atomic mass is 10.0. The molecule has 0 spiro atoms. The molecule has 82 valence electrons. The molecule has 0 aromatic heterocycles.